The summed E-state index contributed by atoms with van der Waals surface area (Å²) >= 11 is 0. The highest BCUT2D eigenvalue weighted by atomic mass is 16.1. The number of benzene rings is 1. The van der Waals surface area contributed by atoms with Crippen molar-refractivity contribution in [2.24, 2.45) is 4.99 Å². The Morgan fingerprint density at radius 2 is 1.86 bits per heavy atom. The Hall–Kier alpha value is -1.84. The second-order valence-corrected chi connectivity index (χ2v) is 3.38. The third kappa shape index (κ3) is 3.26. The molecule has 0 aliphatic heterocycles. The SMILES string of the molecule is CC(C)(C#Cc1ccccc1)N=C=O. The van der Waals surface area contributed by atoms with Gasteiger partial charge in [0, 0.05) is 5.56 Å². The van der Waals surface area contributed by atoms with Crippen LogP contribution in [0, 0.1) is 11.8 Å². The summed E-state index contributed by atoms with van der Waals surface area (Å²) in [5, 5.41) is 0. The topological polar surface area (TPSA) is 29.4 Å². The van der Waals surface area contributed by atoms with Crippen LogP contribution in [0.1, 0.15) is 19.4 Å². The number of hydrogen-bond acceptors (Lipinski definition) is 2. The van der Waals surface area contributed by atoms with Gasteiger partial charge in [-0.15, -0.1) is 0 Å². The largest absolute Gasteiger partial charge is 0.236 e. The van der Waals surface area contributed by atoms with Gasteiger partial charge in [0.15, 0.2) is 0 Å². The number of aliphatic imine (C=N–C) groups is 1. The van der Waals surface area contributed by atoms with E-state index in [0.29, 0.717) is 0 Å². The Labute approximate surface area is 83.7 Å². The molecular weight excluding hydrogens is 174 g/mol. The number of rotatable bonds is 1. The van der Waals surface area contributed by atoms with Crippen molar-refractivity contribution in [2.75, 3.05) is 0 Å². The second-order valence-electron chi connectivity index (χ2n) is 3.38. The van der Waals surface area contributed by atoms with Crippen LogP contribution in [0.25, 0.3) is 0 Å². The Morgan fingerprint density at radius 3 is 2.43 bits per heavy atom. The molecule has 1 rings (SSSR count). The first kappa shape index (κ1) is 10.2. The first-order valence-electron chi connectivity index (χ1n) is 4.31. The summed E-state index contributed by atoms with van der Waals surface area (Å²) in [5.74, 6) is 5.84. The molecule has 0 aliphatic carbocycles. The summed E-state index contributed by atoms with van der Waals surface area (Å²) < 4.78 is 0. The molecule has 14 heavy (non-hydrogen) atoms. The van der Waals surface area contributed by atoms with Crippen LogP contribution < -0.4 is 0 Å². The molecule has 2 nitrogen and oxygen atoms in total. The molecule has 0 atom stereocenters. The van der Waals surface area contributed by atoms with E-state index in [1.165, 1.54) is 6.08 Å². The predicted molar refractivity (Wildman–Crippen MR) is 55.5 cm³/mol. The van der Waals surface area contributed by atoms with Crippen molar-refractivity contribution in [2.45, 2.75) is 19.4 Å². The van der Waals surface area contributed by atoms with Gasteiger partial charge in [-0.05, 0) is 26.0 Å². The predicted octanol–water partition coefficient (Wildman–Crippen LogP) is 2.15. The minimum absolute atomic E-state index is 0.655. The van der Waals surface area contributed by atoms with Gasteiger partial charge in [0.25, 0.3) is 0 Å². The molecule has 2 heteroatoms. The molecule has 0 radical (unpaired) electrons. The minimum atomic E-state index is -0.655. The molecule has 0 aromatic heterocycles. The molecule has 0 saturated heterocycles. The average Bonchev–Trinajstić information content (AvgIpc) is 2.17. The second kappa shape index (κ2) is 4.41. The van der Waals surface area contributed by atoms with Crippen molar-refractivity contribution in [3.05, 3.63) is 35.9 Å². The van der Waals surface area contributed by atoms with Gasteiger partial charge >= 0.3 is 0 Å². The van der Waals surface area contributed by atoms with E-state index >= 15 is 0 Å². The van der Waals surface area contributed by atoms with E-state index in [0.717, 1.165) is 5.56 Å². The normalized spacial score (nSPS) is 9.57. The van der Waals surface area contributed by atoms with Crippen LogP contribution in [0.2, 0.25) is 0 Å². The zero-order valence-corrected chi connectivity index (χ0v) is 8.24. The van der Waals surface area contributed by atoms with Gasteiger partial charge in [0.05, 0.1) is 0 Å². The van der Waals surface area contributed by atoms with Gasteiger partial charge in [-0.2, -0.15) is 4.99 Å². The van der Waals surface area contributed by atoms with Gasteiger partial charge in [-0.25, -0.2) is 4.79 Å². The maximum absolute atomic E-state index is 10.1. The lowest BCUT2D eigenvalue weighted by molar-refractivity contribution is 0.553. The van der Waals surface area contributed by atoms with Crippen molar-refractivity contribution in [3.8, 4) is 11.8 Å². The van der Waals surface area contributed by atoms with Gasteiger partial charge < -0.3 is 0 Å². The van der Waals surface area contributed by atoms with Crippen LogP contribution in [0.3, 0.4) is 0 Å². The third-order valence-corrected chi connectivity index (χ3v) is 1.61. The molecule has 70 valence electrons. The van der Waals surface area contributed by atoms with Crippen molar-refractivity contribution >= 4 is 6.08 Å². The fourth-order valence-electron chi connectivity index (χ4n) is 0.889. The molecule has 0 amide bonds. The maximum atomic E-state index is 10.1. The Kier molecular flexibility index (Phi) is 3.23. The van der Waals surface area contributed by atoms with Crippen LogP contribution in [0.4, 0.5) is 0 Å². The highest BCUT2D eigenvalue weighted by Gasteiger charge is 2.10. The van der Waals surface area contributed by atoms with Crippen LogP contribution in [-0.4, -0.2) is 11.6 Å². The van der Waals surface area contributed by atoms with E-state index in [9.17, 15) is 4.79 Å². The third-order valence-electron chi connectivity index (χ3n) is 1.61. The molecule has 0 saturated carbocycles. The molecule has 0 unspecified atom stereocenters. The summed E-state index contributed by atoms with van der Waals surface area (Å²) in [6.07, 6.45) is 1.52. The van der Waals surface area contributed by atoms with Crippen LogP contribution in [0.5, 0.6) is 0 Å². The summed E-state index contributed by atoms with van der Waals surface area (Å²) in [6, 6.07) is 9.58. The maximum Gasteiger partial charge on any atom is 0.236 e. The number of isocyanates is 1. The molecule has 0 aliphatic rings. The summed E-state index contributed by atoms with van der Waals surface area (Å²) in [5.41, 5.74) is 0.263. The first-order valence-corrected chi connectivity index (χ1v) is 4.31. The van der Waals surface area contributed by atoms with E-state index in [1.54, 1.807) is 13.8 Å². The molecule has 1 aromatic carbocycles. The Bertz CT molecular complexity index is 403. The molecular formula is C12H11NO. The zero-order chi connectivity index (χ0) is 10.4. The van der Waals surface area contributed by atoms with E-state index in [1.807, 2.05) is 30.3 Å². The minimum Gasteiger partial charge on any atom is -0.211 e. The van der Waals surface area contributed by atoms with Gasteiger partial charge in [0.1, 0.15) is 5.54 Å². The lowest BCUT2D eigenvalue weighted by atomic mass is 10.1. The Balaban J connectivity index is 2.88. The lowest BCUT2D eigenvalue weighted by Gasteiger charge is -2.06. The van der Waals surface area contributed by atoms with E-state index in [-0.39, 0.29) is 0 Å². The van der Waals surface area contributed by atoms with Crippen molar-refractivity contribution in [1.29, 1.82) is 0 Å². The van der Waals surface area contributed by atoms with Crippen molar-refractivity contribution < 1.29 is 4.79 Å². The van der Waals surface area contributed by atoms with Gasteiger partial charge in [0.2, 0.25) is 6.08 Å². The van der Waals surface area contributed by atoms with Crippen molar-refractivity contribution in [3.63, 3.8) is 0 Å². The number of nitrogens with zero attached hydrogens (tertiary/aromatic N) is 1. The average molecular weight is 185 g/mol. The first-order chi connectivity index (χ1) is 6.64. The van der Waals surface area contributed by atoms with Crippen LogP contribution in [-0.2, 0) is 4.79 Å². The quantitative estimate of drug-likeness (QED) is 0.374. The van der Waals surface area contributed by atoms with E-state index in [4.69, 9.17) is 0 Å². The monoisotopic (exact) mass is 185 g/mol. The van der Waals surface area contributed by atoms with E-state index in [2.05, 4.69) is 16.8 Å². The Morgan fingerprint density at radius 1 is 1.21 bits per heavy atom. The highest BCUT2D eigenvalue weighted by molar-refractivity contribution is 5.40. The fraction of sp³-hybridized carbons (Fsp3) is 0.250. The van der Waals surface area contributed by atoms with Crippen LogP contribution in [0.15, 0.2) is 35.3 Å². The van der Waals surface area contributed by atoms with Gasteiger partial charge in [-0.3, -0.25) is 0 Å². The standard InChI is InChI=1S/C12H11NO/c1-12(2,13-10-14)9-8-11-6-4-3-5-7-11/h3-7H,1-2H3. The van der Waals surface area contributed by atoms with Crippen molar-refractivity contribution in [1.82, 2.24) is 0 Å². The van der Waals surface area contributed by atoms with E-state index < -0.39 is 5.54 Å². The number of carbonyl (C=O) groups excluding carboxylic acids is 1. The summed E-state index contributed by atoms with van der Waals surface area (Å²) in [6.45, 7) is 3.54. The fourth-order valence-corrected chi connectivity index (χ4v) is 0.889. The van der Waals surface area contributed by atoms with Crippen LogP contribution >= 0.6 is 0 Å². The molecule has 0 spiro atoms. The highest BCUT2D eigenvalue weighted by Crippen LogP contribution is 2.06. The molecule has 0 fully saturated rings. The smallest absolute Gasteiger partial charge is 0.211 e. The summed E-state index contributed by atoms with van der Waals surface area (Å²) in [4.78, 5) is 13.7. The molecule has 0 heterocycles. The molecule has 0 N–H and O–H groups in total. The molecule has 0 bridgehead atoms. The lowest BCUT2D eigenvalue weighted by Crippen LogP contribution is -2.12. The number of hydrogen-bond donors (Lipinski definition) is 0. The summed E-state index contributed by atoms with van der Waals surface area (Å²) in [7, 11) is 0. The zero-order valence-electron chi connectivity index (χ0n) is 8.24. The molecule has 1 aromatic rings. The van der Waals surface area contributed by atoms with Gasteiger partial charge in [-0.1, -0.05) is 30.0 Å².